The van der Waals surface area contributed by atoms with Crippen LogP contribution in [0, 0.1) is 12.7 Å². The summed E-state index contributed by atoms with van der Waals surface area (Å²) in [6.45, 7) is 0.968. The number of aryl methyl sites for hydroxylation is 1. The van der Waals surface area contributed by atoms with Crippen molar-refractivity contribution in [1.29, 1.82) is 0 Å². The molecule has 0 bridgehead atoms. The first-order valence-electron chi connectivity index (χ1n) is 10.3. The zero-order chi connectivity index (χ0) is 23.3. The summed E-state index contributed by atoms with van der Waals surface area (Å²) in [5, 5.41) is 4.92. The molecule has 10 heteroatoms. The van der Waals surface area contributed by atoms with Crippen LogP contribution in [-0.4, -0.2) is 55.7 Å². The second kappa shape index (κ2) is 7.65. The number of hydrogen-bond acceptors (Lipinski definition) is 5. The van der Waals surface area contributed by atoms with E-state index < -0.39 is 36.5 Å². The summed E-state index contributed by atoms with van der Waals surface area (Å²) in [6.07, 6.45) is 1.33. The van der Waals surface area contributed by atoms with Crippen LogP contribution in [0.1, 0.15) is 44.4 Å². The standard InChI is InChI=1S/C23H18F3N5O2/c1-13-6-20(31-22(29-13)27-12-28-31)15-8-23(25,26)11-30(9-15)21(33)18-4-2-14-7-16(24)3-5-17(14)19(18)10-32/h2-7,10,12,15H,8-9,11H2,1H3. The number of nitrogens with zero attached hydrogens (tertiary/aromatic N) is 5. The first kappa shape index (κ1) is 21.0. The maximum Gasteiger partial charge on any atom is 0.266 e. The number of piperidine rings is 1. The van der Waals surface area contributed by atoms with Crippen molar-refractivity contribution in [2.45, 2.75) is 25.2 Å². The van der Waals surface area contributed by atoms with Crippen LogP contribution >= 0.6 is 0 Å². The van der Waals surface area contributed by atoms with Crippen molar-refractivity contribution in [3.8, 4) is 0 Å². The Morgan fingerprint density at radius 3 is 2.82 bits per heavy atom. The topological polar surface area (TPSA) is 80.5 Å². The van der Waals surface area contributed by atoms with E-state index in [1.807, 2.05) is 0 Å². The molecular formula is C23H18F3N5O2. The summed E-state index contributed by atoms with van der Waals surface area (Å²) in [4.78, 5) is 34.5. The van der Waals surface area contributed by atoms with Crippen LogP contribution in [0.15, 0.2) is 42.7 Å². The highest BCUT2D eigenvalue weighted by Crippen LogP contribution is 2.37. The molecule has 2 aromatic heterocycles. The highest BCUT2D eigenvalue weighted by atomic mass is 19.3. The highest BCUT2D eigenvalue weighted by Gasteiger charge is 2.44. The lowest BCUT2D eigenvalue weighted by Crippen LogP contribution is -2.49. The number of fused-ring (bicyclic) bond motifs is 2. The van der Waals surface area contributed by atoms with Crippen molar-refractivity contribution in [1.82, 2.24) is 24.5 Å². The van der Waals surface area contributed by atoms with Gasteiger partial charge in [-0.05, 0) is 42.0 Å². The number of halogens is 3. The molecule has 0 N–H and O–H groups in total. The predicted molar refractivity (Wildman–Crippen MR) is 113 cm³/mol. The molecule has 0 spiro atoms. The van der Waals surface area contributed by atoms with Crippen LogP contribution in [0.25, 0.3) is 16.6 Å². The molecule has 1 aliphatic rings. The molecule has 3 heterocycles. The van der Waals surface area contributed by atoms with Gasteiger partial charge >= 0.3 is 0 Å². The summed E-state index contributed by atoms with van der Waals surface area (Å²) in [5.41, 5.74) is 1.12. The molecule has 1 saturated heterocycles. The molecule has 0 radical (unpaired) electrons. The molecule has 4 aromatic rings. The number of amides is 1. The number of carbonyl (C=O) groups excluding carboxylic acids is 2. The summed E-state index contributed by atoms with van der Waals surface area (Å²) < 4.78 is 44.6. The van der Waals surface area contributed by atoms with E-state index in [0.717, 1.165) is 4.90 Å². The third-order valence-corrected chi connectivity index (χ3v) is 5.89. The van der Waals surface area contributed by atoms with E-state index in [0.29, 0.717) is 34.2 Å². The number of carbonyl (C=O) groups is 2. The van der Waals surface area contributed by atoms with Crippen LogP contribution in [0.2, 0.25) is 0 Å². The smallest absolute Gasteiger partial charge is 0.266 e. The van der Waals surface area contributed by atoms with Gasteiger partial charge in [0.05, 0.1) is 17.8 Å². The lowest BCUT2D eigenvalue weighted by Gasteiger charge is -2.38. The number of benzene rings is 2. The van der Waals surface area contributed by atoms with Gasteiger partial charge in [0.15, 0.2) is 6.29 Å². The first-order chi connectivity index (χ1) is 15.8. The SMILES string of the molecule is Cc1cc(C2CN(C(=O)c3ccc4cc(F)ccc4c3C=O)CC(F)(F)C2)n2ncnc2n1. The molecule has 1 aliphatic heterocycles. The molecule has 5 rings (SSSR count). The molecule has 0 aliphatic carbocycles. The highest BCUT2D eigenvalue weighted by molar-refractivity contribution is 6.09. The quantitative estimate of drug-likeness (QED) is 0.441. The molecule has 7 nitrogen and oxygen atoms in total. The number of rotatable bonds is 3. The molecular weight excluding hydrogens is 435 g/mol. The maximum absolute atomic E-state index is 14.8. The molecule has 168 valence electrons. The number of alkyl halides is 2. The Bertz CT molecular complexity index is 1420. The van der Waals surface area contributed by atoms with Gasteiger partial charge in [-0.2, -0.15) is 10.1 Å². The molecule has 1 fully saturated rings. The third-order valence-electron chi connectivity index (χ3n) is 5.89. The van der Waals surface area contributed by atoms with Gasteiger partial charge in [0.2, 0.25) is 0 Å². The molecule has 2 aromatic carbocycles. The predicted octanol–water partition coefficient (Wildman–Crippen LogP) is 3.80. The fourth-order valence-electron chi connectivity index (χ4n) is 4.51. The first-order valence-corrected chi connectivity index (χ1v) is 10.3. The lowest BCUT2D eigenvalue weighted by molar-refractivity contribution is -0.0641. The Hall–Kier alpha value is -3.82. The second-order valence-electron chi connectivity index (χ2n) is 8.25. The number of aromatic nitrogens is 4. The lowest BCUT2D eigenvalue weighted by atomic mass is 9.90. The minimum absolute atomic E-state index is 0.00244. The third kappa shape index (κ3) is 3.71. The molecule has 1 amide bonds. The number of hydrogen-bond donors (Lipinski definition) is 0. The Morgan fingerprint density at radius 2 is 2.03 bits per heavy atom. The van der Waals surface area contributed by atoms with E-state index in [1.54, 1.807) is 13.0 Å². The minimum atomic E-state index is -3.15. The largest absolute Gasteiger partial charge is 0.332 e. The van der Waals surface area contributed by atoms with E-state index in [4.69, 9.17) is 0 Å². The molecule has 33 heavy (non-hydrogen) atoms. The Balaban J connectivity index is 1.55. The van der Waals surface area contributed by atoms with Gasteiger partial charge in [-0.3, -0.25) is 9.59 Å². The number of aldehydes is 1. The van der Waals surface area contributed by atoms with Crippen molar-refractivity contribution >= 4 is 28.7 Å². The maximum atomic E-state index is 14.8. The van der Waals surface area contributed by atoms with Crippen LogP contribution in [0.5, 0.6) is 0 Å². The Kier molecular flexibility index (Phi) is 4.88. The second-order valence-corrected chi connectivity index (χ2v) is 8.25. The van der Waals surface area contributed by atoms with E-state index in [-0.39, 0.29) is 17.7 Å². The van der Waals surface area contributed by atoms with E-state index in [1.165, 1.54) is 41.2 Å². The average Bonchev–Trinajstić information content (AvgIpc) is 3.24. The summed E-state index contributed by atoms with van der Waals surface area (Å²) >= 11 is 0. The fourth-order valence-corrected chi connectivity index (χ4v) is 4.51. The van der Waals surface area contributed by atoms with Crippen molar-refractivity contribution in [3.05, 3.63) is 71.1 Å². The Morgan fingerprint density at radius 1 is 1.21 bits per heavy atom. The van der Waals surface area contributed by atoms with Gasteiger partial charge in [0.25, 0.3) is 17.6 Å². The van der Waals surface area contributed by atoms with Gasteiger partial charge in [0, 0.05) is 30.1 Å². The van der Waals surface area contributed by atoms with Gasteiger partial charge in [-0.15, -0.1) is 0 Å². The molecule has 0 saturated carbocycles. The monoisotopic (exact) mass is 453 g/mol. The van der Waals surface area contributed by atoms with E-state index in [2.05, 4.69) is 15.1 Å². The zero-order valence-electron chi connectivity index (χ0n) is 17.5. The van der Waals surface area contributed by atoms with Crippen molar-refractivity contribution < 1.29 is 22.8 Å². The number of likely N-dealkylation sites (tertiary alicyclic amines) is 1. The van der Waals surface area contributed by atoms with E-state index in [9.17, 15) is 22.8 Å². The van der Waals surface area contributed by atoms with Crippen molar-refractivity contribution in [3.63, 3.8) is 0 Å². The van der Waals surface area contributed by atoms with Crippen LogP contribution < -0.4 is 0 Å². The van der Waals surface area contributed by atoms with Crippen molar-refractivity contribution in [2.24, 2.45) is 0 Å². The van der Waals surface area contributed by atoms with Gasteiger partial charge < -0.3 is 4.90 Å². The summed E-state index contributed by atoms with van der Waals surface area (Å²) in [6, 6.07) is 8.38. The summed E-state index contributed by atoms with van der Waals surface area (Å²) in [7, 11) is 0. The normalized spacial score (nSPS) is 18.1. The van der Waals surface area contributed by atoms with Crippen molar-refractivity contribution in [2.75, 3.05) is 13.1 Å². The van der Waals surface area contributed by atoms with Crippen LogP contribution in [0.3, 0.4) is 0 Å². The van der Waals surface area contributed by atoms with Gasteiger partial charge in [-0.25, -0.2) is 22.7 Å². The molecule has 1 unspecified atom stereocenters. The van der Waals surface area contributed by atoms with Crippen LogP contribution in [0.4, 0.5) is 13.2 Å². The summed E-state index contributed by atoms with van der Waals surface area (Å²) in [5.74, 6) is -4.75. The minimum Gasteiger partial charge on any atom is -0.332 e. The molecule has 1 atom stereocenters. The Labute approximate surface area is 185 Å². The van der Waals surface area contributed by atoms with Crippen LogP contribution in [-0.2, 0) is 0 Å². The van der Waals surface area contributed by atoms with E-state index >= 15 is 0 Å². The van der Waals surface area contributed by atoms with Gasteiger partial charge in [0.1, 0.15) is 12.1 Å². The fraction of sp³-hybridized carbons (Fsp3) is 0.261. The van der Waals surface area contributed by atoms with Gasteiger partial charge in [-0.1, -0.05) is 12.1 Å². The zero-order valence-corrected chi connectivity index (χ0v) is 17.5. The average molecular weight is 453 g/mol.